The predicted molar refractivity (Wildman–Crippen MR) is 65.2 cm³/mol. The quantitative estimate of drug-likeness (QED) is 0.786. The standard InChI is InChI=1S/C11H15N5O/c1-3-16(2)10(17)7-15-11-9(13)4-8(5-12)6-14-11/h4,6H,3,7,13H2,1-2H3,(H,14,15). The summed E-state index contributed by atoms with van der Waals surface area (Å²) in [6.45, 7) is 2.68. The van der Waals surface area contributed by atoms with Gasteiger partial charge < -0.3 is 16.0 Å². The van der Waals surface area contributed by atoms with Gasteiger partial charge in [0.15, 0.2) is 0 Å². The van der Waals surface area contributed by atoms with E-state index >= 15 is 0 Å². The molecule has 0 atom stereocenters. The average Bonchev–Trinajstić information content (AvgIpc) is 2.35. The molecule has 0 saturated carbocycles. The average molecular weight is 233 g/mol. The second-order valence-electron chi connectivity index (χ2n) is 3.54. The minimum Gasteiger partial charge on any atom is -0.396 e. The maximum Gasteiger partial charge on any atom is 0.241 e. The Labute approximate surface area is 100 Å². The maximum atomic E-state index is 11.5. The van der Waals surface area contributed by atoms with Gasteiger partial charge in [0.1, 0.15) is 11.9 Å². The topological polar surface area (TPSA) is 95.0 Å². The van der Waals surface area contributed by atoms with Gasteiger partial charge in [-0.1, -0.05) is 0 Å². The Bertz CT molecular complexity index is 452. The molecule has 6 nitrogen and oxygen atoms in total. The van der Waals surface area contributed by atoms with E-state index in [4.69, 9.17) is 11.0 Å². The highest BCUT2D eigenvalue weighted by Crippen LogP contribution is 2.15. The normalized spacial score (nSPS) is 9.47. The van der Waals surface area contributed by atoms with E-state index in [2.05, 4.69) is 10.3 Å². The fourth-order valence-electron chi connectivity index (χ4n) is 1.16. The number of nitrogen functional groups attached to an aromatic ring is 1. The first-order chi connectivity index (χ1) is 8.08. The minimum atomic E-state index is -0.0435. The monoisotopic (exact) mass is 233 g/mol. The van der Waals surface area contributed by atoms with Crippen LogP contribution < -0.4 is 11.1 Å². The number of rotatable bonds is 4. The van der Waals surface area contributed by atoms with Crippen LogP contribution in [0.4, 0.5) is 11.5 Å². The summed E-state index contributed by atoms with van der Waals surface area (Å²) in [5.74, 6) is 0.375. The van der Waals surface area contributed by atoms with Gasteiger partial charge in [-0.05, 0) is 13.0 Å². The second-order valence-corrected chi connectivity index (χ2v) is 3.54. The maximum absolute atomic E-state index is 11.5. The number of nitrogens with one attached hydrogen (secondary N) is 1. The molecule has 0 saturated heterocycles. The van der Waals surface area contributed by atoms with E-state index in [0.717, 1.165) is 0 Å². The molecule has 6 heteroatoms. The molecule has 0 fully saturated rings. The molecule has 1 amide bonds. The summed E-state index contributed by atoms with van der Waals surface area (Å²) < 4.78 is 0. The van der Waals surface area contributed by atoms with Crippen LogP contribution in [-0.4, -0.2) is 35.9 Å². The zero-order valence-corrected chi connectivity index (χ0v) is 9.90. The van der Waals surface area contributed by atoms with Gasteiger partial charge in [0.05, 0.1) is 17.8 Å². The van der Waals surface area contributed by atoms with Crippen LogP contribution in [0.3, 0.4) is 0 Å². The number of nitrogens with zero attached hydrogens (tertiary/aromatic N) is 3. The number of hydrogen-bond acceptors (Lipinski definition) is 5. The molecule has 1 aromatic rings. The van der Waals surface area contributed by atoms with E-state index in [9.17, 15) is 4.79 Å². The van der Waals surface area contributed by atoms with E-state index in [1.54, 1.807) is 11.9 Å². The van der Waals surface area contributed by atoms with Crippen molar-refractivity contribution in [3.05, 3.63) is 17.8 Å². The van der Waals surface area contributed by atoms with Gasteiger partial charge in [0.25, 0.3) is 0 Å². The molecule has 3 N–H and O–H groups in total. The van der Waals surface area contributed by atoms with Gasteiger partial charge in [-0.15, -0.1) is 0 Å². The molecule has 0 unspecified atom stereocenters. The molecule has 0 aliphatic rings. The lowest BCUT2D eigenvalue weighted by atomic mass is 10.3. The summed E-state index contributed by atoms with van der Waals surface area (Å²) in [4.78, 5) is 17.1. The van der Waals surface area contributed by atoms with Crippen LogP contribution >= 0.6 is 0 Å². The van der Waals surface area contributed by atoms with E-state index in [1.165, 1.54) is 12.3 Å². The van der Waals surface area contributed by atoms with Crippen LogP contribution in [-0.2, 0) is 4.79 Å². The van der Waals surface area contributed by atoms with Crippen molar-refractivity contribution in [1.29, 1.82) is 5.26 Å². The predicted octanol–water partition coefficient (Wildman–Crippen LogP) is 0.426. The van der Waals surface area contributed by atoms with Crippen LogP contribution in [0.5, 0.6) is 0 Å². The highest BCUT2D eigenvalue weighted by molar-refractivity contribution is 5.81. The first kappa shape index (κ1) is 12.8. The SMILES string of the molecule is CCN(C)C(=O)CNc1ncc(C#N)cc1N. The highest BCUT2D eigenvalue weighted by Gasteiger charge is 2.08. The summed E-state index contributed by atoms with van der Waals surface area (Å²) in [5, 5.41) is 11.5. The number of hydrogen-bond donors (Lipinski definition) is 2. The first-order valence-electron chi connectivity index (χ1n) is 5.22. The van der Waals surface area contributed by atoms with Crippen molar-refractivity contribution >= 4 is 17.4 Å². The zero-order chi connectivity index (χ0) is 12.8. The number of nitrogens with two attached hydrogens (primary N) is 1. The van der Waals surface area contributed by atoms with Crippen molar-refractivity contribution in [2.24, 2.45) is 0 Å². The molecule has 0 spiro atoms. The van der Waals surface area contributed by atoms with Crippen molar-refractivity contribution < 1.29 is 4.79 Å². The van der Waals surface area contributed by atoms with Crippen LogP contribution in [0.25, 0.3) is 0 Å². The first-order valence-corrected chi connectivity index (χ1v) is 5.22. The molecular weight excluding hydrogens is 218 g/mol. The van der Waals surface area contributed by atoms with Gasteiger partial charge in [-0.3, -0.25) is 4.79 Å². The lowest BCUT2D eigenvalue weighted by Crippen LogP contribution is -2.32. The Morgan fingerprint density at radius 1 is 1.71 bits per heavy atom. The Morgan fingerprint density at radius 2 is 2.41 bits per heavy atom. The molecule has 1 heterocycles. The summed E-state index contributed by atoms with van der Waals surface area (Å²) >= 11 is 0. The van der Waals surface area contributed by atoms with Crippen LogP contribution in [0, 0.1) is 11.3 Å². The zero-order valence-electron chi connectivity index (χ0n) is 9.90. The lowest BCUT2D eigenvalue weighted by molar-refractivity contribution is -0.127. The molecule has 0 aromatic carbocycles. The fraction of sp³-hybridized carbons (Fsp3) is 0.364. The third-order valence-electron chi connectivity index (χ3n) is 2.35. The number of likely N-dealkylation sites (N-methyl/N-ethyl adjacent to an activating group) is 1. The smallest absolute Gasteiger partial charge is 0.241 e. The minimum absolute atomic E-state index is 0.0435. The van der Waals surface area contributed by atoms with Crippen molar-refractivity contribution in [1.82, 2.24) is 9.88 Å². The van der Waals surface area contributed by atoms with Crippen LogP contribution in [0.2, 0.25) is 0 Å². The number of carbonyl (C=O) groups excluding carboxylic acids is 1. The molecule has 0 aliphatic carbocycles. The van der Waals surface area contributed by atoms with Gasteiger partial charge in [0.2, 0.25) is 5.91 Å². The van der Waals surface area contributed by atoms with Crippen LogP contribution in [0.15, 0.2) is 12.3 Å². The molecule has 1 aromatic heterocycles. The van der Waals surface area contributed by atoms with Crippen LogP contribution in [0.1, 0.15) is 12.5 Å². The summed E-state index contributed by atoms with van der Waals surface area (Å²) in [5.41, 5.74) is 6.44. The Kier molecular flexibility index (Phi) is 4.29. The number of anilines is 2. The van der Waals surface area contributed by atoms with E-state index in [1.807, 2.05) is 13.0 Å². The van der Waals surface area contributed by atoms with Gasteiger partial charge in [-0.25, -0.2) is 4.98 Å². The van der Waals surface area contributed by atoms with E-state index in [0.29, 0.717) is 23.6 Å². The summed E-state index contributed by atoms with van der Waals surface area (Å²) in [6, 6.07) is 3.46. The fourth-order valence-corrected chi connectivity index (χ4v) is 1.16. The largest absolute Gasteiger partial charge is 0.396 e. The highest BCUT2D eigenvalue weighted by atomic mass is 16.2. The van der Waals surface area contributed by atoms with Gasteiger partial charge >= 0.3 is 0 Å². The Hall–Kier alpha value is -2.29. The number of aromatic nitrogens is 1. The Balaban J connectivity index is 2.65. The number of pyridine rings is 1. The summed E-state index contributed by atoms with van der Waals surface area (Å²) in [6.07, 6.45) is 1.41. The molecule has 0 aliphatic heterocycles. The third-order valence-corrected chi connectivity index (χ3v) is 2.35. The van der Waals surface area contributed by atoms with Crippen molar-refractivity contribution in [2.45, 2.75) is 6.92 Å². The van der Waals surface area contributed by atoms with Crippen molar-refractivity contribution in [3.8, 4) is 6.07 Å². The van der Waals surface area contributed by atoms with Gasteiger partial charge in [0, 0.05) is 19.8 Å². The molecule has 17 heavy (non-hydrogen) atoms. The number of nitriles is 1. The third kappa shape index (κ3) is 3.34. The Morgan fingerprint density at radius 3 is 2.94 bits per heavy atom. The molecule has 0 bridgehead atoms. The number of amides is 1. The number of carbonyl (C=O) groups is 1. The molecule has 0 radical (unpaired) electrons. The molecule has 90 valence electrons. The molecular formula is C11H15N5O. The van der Waals surface area contributed by atoms with E-state index < -0.39 is 0 Å². The van der Waals surface area contributed by atoms with Gasteiger partial charge in [-0.2, -0.15) is 5.26 Å². The second kappa shape index (κ2) is 5.70. The summed E-state index contributed by atoms with van der Waals surface area (Å²) in [7, 11) is 1.72. The van der Waals surface area contributed by atoms with E-state index in [-0.39, 0.29) is 12.5 Å². The molecule has 1 rings (SSSR count). The lowest BCUT2D eigenvalue weighted by Gasteiger charge is -2.15. The van der Waals surface area contributed by atoms with Crippen molar-refractivity contribution in [2.75, 3.05) is 31.2 Å². The van der Waals surface area contributed by atoms with Crippen molar-refractivity contribution in [3.63, 3.8) is 0 Å².